The van der Waals surface area contributed by atoms with Gasteiger partial charge in [-0.15, -0.1) is 0 Å². The Morgan fingerprint density at radius 3 is 2.54 bits per heavy atom. The Labute approximate surface area is 166 Å². The first-order chi connectivity index (χ1) is 13.5. The Balaban J connectivity index is 1.72. The molecule has 2 fully saturated rings. The van der Waals surface area contributed by atoms with Crippen LogP contribution < -0.4 is 11.1 Å². The van der Waals surface area contributed by atoms with E-state index in [2.05, 4.69) is 16.3 Å². The zero-order valence-electron chi connectivity index (χ0n) is 16.4. The number of carbonyl (C=O) groups is 2. The minimum Gasteiger partial charge on any atom is -0.353 e. The van der Waals surface area contributed by atoms with Crippen molar-refractivity contribution >= 4 is 11.8 Å². The molecule has 1 saturated heterocycles. The van der Waals surface area contributed by atoms with Gasteiger partial charge in [-0.3, -0.25) is 14.5 Å². The van der Waals surface area contributed by atoms with E-state index in [1.165, 1.54) is 25.3 Å². The number of nitrogens with zero attached hydrogens (tertiary/aromatic N) is 3. The average Bonchev–Trinajstić information content (AvgIpc) is 3.55. The zero-order valence-corrected chi connectivity index (χ0v) is 16.4. The Morgan fingerprint density at radius 1 is 1.25 bits per heavy atom. The van der Waals surface area contributed by atoms with Crippen LogP contribution >= 0.6 is 0 Å². The number of nitriles is 1. The highest BCUT2D eigenvalue weighted by Crippen LogP contribution is 2.34. The fraction of sp³-hybridized carbons (Fsp3) is 0.571. The molecular weight excluding hydrogens is 354 g/mol. The van der Waals surface area contributed by atoms with Crippen molar-refractivity contribution < 1.29 is 9.59 Å². The van der Waals surface area contributed by atoms with E-state index in [9.17, 15) is 9.59 Å². The maximum absolute atomic E-state index is 12.6. The summed E-state index contributed by atoms with van der Waals surface area (Å²) in [6.45, 7) is 3.73. The number of hydrogen-bond acceptors (Lipinski definition) is 5. The summed E-state index contributed by atoms with van der Waals surface area (Å²) in [6, 6.07) is 10.2. The van der Waals surface area contributed by atoms with E-state index in [1.54, 1.807) is 4.90 Å². The lowest BCUT2D eigenvalue weighted by Crippen LogP contribution is -2.57. The maximum Gasteiger partial charge on any atom is 0.242 e. The molecular formula is C21H29N5O2. The third-order valence-electron chi connectivity index (χ3n) is 5.66. The summed E-state index contributed by atoms with van der Waals surface area (Å²) in [6.07, 6.45) is 3.86. The van der Waals surface area contributed by atoms with Gasteiger partial charge in [-0.2, -0.15) is 5.26 Å². The molecule has 2 amide bonds. The highest BCUT2D eigenvalue weighted by atomic mass is 16.2. The molecule has 1 aromatic carbocycles. The van der Waals surface area contributed by atoms with Crippen LogP contribution in [0.2, 0.25) is 0 Å². The van der Waals surface area contributed by atoms with E-state index in [-0.39, 0.29) is 17.9 Å². The first-order valence-electron chi connectivity index (χ1n) is 10.0. The molecule has 28 heavy (non-hydrogen) atoms. The van der Waals surface area contributed by atoms with Crippen LogP contribution in [0.15, 0.2) is 24.3 Å². The number of likely N-dealkylation sites (tertiary alicyclic amines) is 1. The highest BCUT2D eigenvalue weighted by Gasteiger charge is 2.41. The van der Waals surface area contributed by atoms with Gasteiger partial charge in [0, 0.05) is 45.2 Å². The third kappa shape index (κ3) is 4.89. The lowest BCUT2D eigenvalue weighted by Gasteiger charge is -2.42. The van der Waals surface area contributed by atoms with Crippen molar-refractivity contribution in [2.45, 2.75) is 57.3 Å². The molecule has 3 N–H and O–H groups in total. The van der Waals surface area contributed by atoms with E-state index in [1.807, 2.05) is 24.3 Å². The number of nitrogens with two attached hydrogens (primary N) is 1. The summed E-state index contributed by atoms with van der Waals surface area (Å²) in [7, 11) is 0. The number of hydrogen-bond donors (Lipinski definition) is 2. The van der Waals surface area contributed by atoms with Crippen LogP contribution in [0, 0.1) is 11.3 Å². The van der Waals surface area contributed by atoms with E-state index in [0.29, 0.717) is 37.7 Å². The molecule has 0 bridgehead atoms. The standard InChI is InChI=1S/C21H29N5O2/c1-15(27)25-11-8-19(12-20(25)21(28)24-10-9-22)26(18-6-7-18)14-17-4-2-16(13-23)3-5-17/h2-5,18-20H,6-12,14,22H2,1H3,(H,24,28)/t19?,20-/m1/s1. The molecule has 1 saturated carbocycles. The summed E-state index contributed by atoms with van der Waals surface area (Å²) < 4.78 is 0. The molecule has 1 aromatic rings. The lowest BCUT2D eigenvalue weighted by molar-refractivity contribution is -0.142. The average molecular weight is 383 g/mol. The Bertz CT molecular complexity index is 738. The Morgan fingerprint density at radius 2 is 1.96 bits per heavy atom. The van der Waals surface area contributed by atoms with E-state index >= 15 is 0 Å². The fourth-order valence-corrected chi connectivity index (χ4v) is 4.04. The van der Waals surface area contributed by atoms with Gasteiger partial charge in [0.1, 0.15) is 6.04 Å². The quantitative estimate of drug-likeness (QED) is 0.731. The molecule has 1 heterocycles. The first-order valence-corrected chi connectivity index (χ1v) is 10.0. The lowest BCUT2D eigenvalue weighted by atomic mass is 9.94. The van der Waals surface area contributed by atoms with Gasteiger partial charge in [0.05, 0.1) is 11.6 Å². The molecule has 1 aliphatic heterocycles. The molecule has 1 unspecified atom stereocenters. The summed E-state index contributed by atoms with van der Waals surface area (Å²) in [5, 5.41) is 11.8. The van der Waals surface area contributed by atoms with E-state index in [4.69, 9.17) is 11.0 Å². The van der Waals surface area contributed by atoms with Crippen LogP contribution in [0.1, 0.15) is 43.7 Å². The predicted octanol–water partition coefficient (Wildman–Crippen LogP) is 0.977. The second kappa shape index (κ2) is 9.18. The van der Waals surface area contributed by atoms with Crippen molar-refractivity contribution in [2.75, 3.05) is 19.6 Å². The SMILES string of the molecule is CC(=O)N1CCC(N(Cc2ccc(C#N)cc2)C2CC2)C[C@@H]1C(=O)NCCN. The maximum atomic E-state index is 12.6. The molecule has 0 spiro atoms. The van der Waals surface area contributed by atoms with E-state index < -0.39 is 6.04 Å². The number of nitrogens with one attached hydrogen (secondary N) is 1. The number of piperidine rings is 1. The van der Waals surface area contributed by atoms with Crippen molar-refractivity contribution in [3.8, 4) is 6.07 Å². The first kappa shape index (κ1) is 20.3. The third-order valence-corrected chi connectivity index (χ3v) is 5.66. The van der Waals surface area contributed by atoms with Crippen LogP contribution in [0.4, 0.5) is 0 Å². The minimum absolute atomic E-state index is 0.0589. The smallest absolute Gasteiger partial charge is 0.242 e. The van der Waals surface area contributed by atoms with Crippen LogP contribution in [-0.4, -0.2) is 59.4 Å². The minimum atomic E-state index is -0.440. The van der Waals surface area contributed by atoms with Crippen molar-refractivity contribution in [3.63, 3.8) is 0 Å². The van der Waals surface area contributed by atoms with E-state index in [0.717, 1.165) is 13.0 Å². The molecule has 3 rings (SSSR count). The van der Waals surface area contributed by atoms with Gasteiger partial charge in [0.2, 0.25) is 11.8 Å². The molecule has 0 radical (unpaired) electrons. The summed E-state index contributed by atoms with van der Waals surface area (Å²) >= 11 is 0. The topological polar surface area (TPSA) is 102 Å². The van der Waals surface area contributed by atoms with Crippen molar-refractivity contribution in [3.05, 3.63) is 35.4 Å². The van der Waals surface area contributed by atoms with Gasteiger partial charge in [0.25, 0.3) is 0 Å². The molecule has 150 valence electrons. The van der Waals surface area contributed by atoms with Gasteiger partial charge in [0.15, 0.2) is 0 Å². The highest BCUT2D eigenvalue weighted by molar-refractivity contribution is 5.87. The van der Waals surface area contributed by atoms with Crippen LogP contribution in [0.3, 0.4) is 0 Å². The second-order valence-corrected chi connectivity index (χ2v) is 7.70. The van der Waals surface area contributed by atoms with Crippen LogP contribution in [0.25, 0.3) is 0 Å². The van der Waals surface area contributed by atoms with Crippen molar-refractivity contribution in [2.24, 2.45) is 5.73 Å². The number of carbonyl (C=O) groups excluding carboxylic acids is 2. The number of rotatable bonds is 7. The Hall–Kier alpha value is -2.43. The van der Waals surface area contributed by atoms with Gasteiger partial charge >= 0.3 is 0 Å². The molecule has 0 aromatic heterocycles. The normalized spacial score (nSPS) is 22.0. The van der Waals surface area contributed by atoms with Gasteiger partial charge in [-0.25, -0.2) is 0 Å². The summed E-state index contributed by atoms with van der Waals surface area (Å²) in [5.41, 5.74) is 7.34. The molecule has 7 heteroatoms. The zero-order chi connectivity index (χ0) is 20.1. The predicted molar refractivity (Wildman–Crippen MR) is 106 cm³/mol. The molecule has 2 aliphatic rings. The summed E-state index contributed by atoms with van der Waals surface area (Å²) in [5.74, 6) is -0.170. The fourth-order valence-electron chi connectivity index (χ4n) is 4.04. The molecule has 7 nitrogen and oxygen atoms in total. The monoisotopic (exact) mass is 383 g/mol. The van der Waals surface area contributed by atoms with Crippen molar-refractivity contribution in [1.82, 2.24) is 15.1 Å². The van der Waals surface area contributed by atoms with Gasteiger partial charge in [-0.05, 0) is 43.4 Å². The van der Waals surface area contributed by atoms with Crippen LogP contribution in [-0.2, 0) is 16.1 Å². The second-order valence-electron chi connectivity index (χ2n) is 7.70. The number of amides is 2. The largest absolute Gasteiger partial charge is 0.353 e. The molecule has 1 aliphatic carbocycles. The number of benzene rings is 1. The van der Waals surface area contributed by atoms with Gasteiger partial charge in [-0.1, -0.05) is 12.1 Å². The van der Waals surface area contributed by atoms with Gasteiger partial charge < -0.3 is 16.0 Å². The Kier molecular flexibility index (Phi) is 6.65. The van der Waals surface area contributed by atoms with Crippen LogP contribution in [0.5, 0.6) is 0 Å². The summed E-state index contributed by atoms with van der Waals surface area (Å²) in [4.78, 5) is 28.9. The van der Waals surface area contributed by atoms with Crippen molar-refractivity contribution in [1.29, 1.82) is 5.26 Å². The molecule has 2 atom stereocenters.